The Balaban J connectivity index is 2.46. The standard InChI is InChI=1S/C10H14N2O2/c1-7-8(4-13)9-5-14-10(2,3)6-12(9)11-7/h4H,5-6H2,1-3H3. The molecule has 2 rings (SSSR count). The lowest BCUT2D eigenvalue weighted by Crippen LogP contribution is -2.36. The van der Waals surface area contributed by atoms with Gasteiger partial charge in [-0.3, -0.25) is 9.48 Å². The highest BCUT2D eigenvalue weighted by Crippen LogP contribution is 2.24. The third-order valence-corrected chi connectivity index (χ3v) is 2.53. The molecule has 0 bridgehead atoms. The summed E-state index contributed by atoms with van der Waals surface area (Å²) < 4.78 is 7.51. The molecule has 76 valence electrons. The van der Waals surface area contributed by atoms with Crippen molar-refractivity contribution in [3.8, 4) is 0 Å². The zero-order chi connectivity index (χ0) is 10.3. The summed E-state index contributed by atoms with van der Waals surface area (Å²) in [6.07, 6.45) is 0.857. The number of hydrogen-bond donors (Lipinski definition) is 0. The molecule has 0 spiro atoms. The van der Waals surface area contributed by atoms with E-state index in [0.717, 1.165) is 17.7 Å². The minimum absolute atomic E-state index is 0.189. The summed E-state index contributed by atoms with van der Waals surface area (Å²) in [6, 6.07) is 0. The summed E-state index contributed by atoms with van der Waals surface area (Å²) in [4.78, 5) is 10.8. The van der Waals surface area contributed by atoms with Gasteiger partial charge in [-0.15, -0.1) is 0 Å². The molecule has 0 aliphatic carbocycles. The van der Waals surface area contributed by atoms with Crippen LogP contribution in [0.15, 0.2) is 0 Å². The molecule has 1 aliphatic rings. The Labute approximate surface area is 82.9 Å². The van der Waals surface area contributed by atoms with Gasteiger partial charge in [-0.2, -0.15) is 5.10 Å². The molecule has 0 radical (unpaired) electrons. The molecule has 0 unspecified atom stereocenters. The van der Waals surface area contributed by atoms with Crippen molar-refractivity contribution in [1.82, 2.24) is 9.78 Å². The second-order valence-electron chi connectivity index (χ2n) is 4.27. The maximum atomic E-state index is 10.8. The van der Waals surface area contributed by atoms with Crippen LogP contribution >= 0.6 is 0 Å². The van der Waals surface area contributed by atoms with Gasteiger partial charge in [0.2, 0.25) is 0 Å². The number of aldehydes is 1. The largest absolute Gasteiger partial charge is 0.367 e. The van der Waals surface area contributed by atoms with Crippen molar-refractivity contribution in [1.29, 1.82) is 0 Å². The van der Waals surface area contributed by atoms with Crippen molar-refractivity contribution in [2.75, 3.05) is 0 Å². The molecule has 4 heteroatoms. The first-order chi connectivity index (χ1) is 6.53. The quantitative estimate of drug-likeness (QED) is 0.633. The normalized spacial score (nSPS) is 19.1. The number of carbonyl (C=O) groups excluding carboxylic acids is 1. The van der Waals surface area contributed by atoms with Crippen LogP contribution < -0.4 is 0 Å². The van der Waals surface area contributed by atoms with Crippen LogP contribution in [0.2, 0.25) is 0 Å². The fourth-order valence-electron chi connectivity index (χ4n) is 1.75. The molecule has 1 aromatic rings. The van der Waals surface area contributed by atoms with Crippen LogP contribution in [0.4, 0.5) is 0 Å². The third-order valence-electron chi connectivity index (χ3n) is 2.53. The van der Waals surface area contributed by atoms with Crippen LogP contribution in [0, 0.1) is 6.92 Å². The van der Waals surface area contributed by atoms with E-state index in [1.165, 1.54) is 0 Å². The number of ether oxygens (including phenoxy) is 1. The molecule has 14 heavy (non-hydrogen) atoms. The summed E-state index contributed by atoms with van der Waals surface area (Å²) in [5.74, 6) is 0. The first kappa shape index (κ1) is 9.40. The van der Waals surface area contributed by atoms with E-state index in [0.29, 0.717) is 18.7 Å². The molecule has 0 aromatic carbocycles. The van der Waals surface area contributed by atoms with Crippen molar-refractivity contribution >= 4 is 6.29 Å². The van der Waals surface area contributed by atoms with E-state index < -0.39 is 0 Å². The molecular formula is C10H14N2O2. The van der Waals surface area contributed by atoms with E-state index in [9.17, 15) is 4.79 Å². The van der Waals surface area contributed by atoms with E-state index in [-0.39, 0.29) is 5.60 Å². The van der Waals surface area contributed by atoms with E-state index in [1.54, 1.807) is 0 Å². The minimum atomic E-state index is -0.189. The van der Waals surface area contributed by atoms with Gasteiger partial charge >= 0.3 is 0 Å². The molecule has 4 nitrogen and oxygen atoms in total. The van der Waals surface area contributed by atoms with Gasteiger partial charge in [-0.05, 0) is 20.8 Å². The summed E-state index contributed by atoms with van der Waals surface area (Å²) in [6.45, 7) is 7.07. The average molecular weight is 194 g/mol. The summed E-state index contributed by atoms with van der Waals surface area (Å²) in [5, 5.41) is 4.32. The van der Waals surface area contributed by atoms with Crippen molar-refractivity contribution in [3.63, 3.8) is 0 Å². The van der Waals surface area contributed by atoms with Crippen molar-refractivity contribution in [2.24, 2.45) is 0 Å². The number of carbonyl (C=O) groups is 1. The molecule has 2 heterocycles. The lowest BCUT2D eigenvalue weighted by molar-refractivity contribution is -0.0662. The van der Waals surface area contributed by atoms with Crippen LogP contribution in [0.5, 0.6) is 0 Å². The number of nitrogens with zero attached hydrogens (tertiary/aromatic N) is 2. The highest BCUT2D eigenvalue weighted by atomic mass is 16.5. The topological polar surface area (TPSA) is 44.1 Å². The predicted molar refractivity (Wildman–Crippen MR) is 51.2 cm³/mol. The smallest absolute Gasteiger partial charge is 0.153 e. The Hall–Kier alpha value is -1.16. The Bertz CT molecular complexity index is 380. The van der Waals surface area contributed by atoms with E-state index >= 15 is 0 Å². The minimum Gasteiger partial charge on any atom is -0.367 e. The fourth-order valence-corrected chi connectivity index (χ4v) is 1.75. The van der Waals surface area contributed by atoms with Gasteiger partial charge in [-0.25, -0.2) is 0 Å². The predicted octanol–water partition coefficient (Wildman–Crippen LogP) is 1.31. The maximum absolute atomic E-state index is 10.8. The number of aryl methyl sites for hydroxylation is 1. The first-order valence-corrected chi connectivity index (χ1v) is 4.69. The van der Waals surface area contributed by atoms with Crippen molar-refractivity contribution in [3.05, 3.63) is 17.0 Å². The summed E-state index contributed by atoms with van der Waals surface area (Å²) >= 11 is 0. The molecule has 0 amide bonds. The lowest BCUT2D eigenvalue weighted by atomic mass is 10.1. The SMILES string of the molecule is Cc1nn2c(c1C=O)COC(C)(C)C2. The van der Waals surface area contributed by atoms with Gasteiger partial charge in [0.05, 0.1) is 35.7 Å². The molecule has 1 aliphatic heterocycles. The van der Waals surface area contributed by atoms with Crippen LogP contribution in [0.25, 0.3) is 0 Å². The molecule has 0 atom stereocenters. The Morgan fingerprint density at radius 1 is 1.57 bits per heavy atom. The van der Waals surface area contributed by atoms with Crippen LogP contribution in [-0.4, -0.2) is 21.7 Å². The molecule has 1 aromatic heterocycles. The molecule has 0 saturated heterocycles. The Morgan fingerprint density at radius 2 is 2.29 bits per heavy atom. The van der Waals surface area contributed by atoms with Crippen molar-refractivity contribution in [2.45, 2.75) is 39.5 Å². The molecule has 0 saturated carbocycles. The number of rotatable bonds is 1. The van der Waals surface area contributed by atoms with E-state index in [4.69, 9.17) is 4.74 Å². The monoisotopic (exact) mass is 194 g/mol. The second-order valence-corrected chi connectivity index (χ2v) is 4.27. The first-order valence-electron chi connectivity index (χ1n) is 4.69. The third kappa shape index (κ3) is 1.35. The highest BCUT2D eigenvalue weighted by Gasteiger charge is 2.29. The average Bonchev–Trinajstić information content (AvgIpc) is 2.37. The molecule has 0 fully saturated rings. The van der Waals surface area contributed by atoms with Gasteiger partial charge < -0.3 is 4.74 Å². The lowest BCUT2D eigenvalue weighted by Gasteiger charge is -2.30. The van der Waals surface area contributed by atoms with Gasteiger partial charge in [0, 0.05) is 0 Å². The summed E-state index contributed by atoms with van der Waals surface area (Å²) in [7, 11) is 0. The van der Waals surface area contributed by atoms with E-state index in [2.05, 4.69) is 5.10 Å². The number of fused-ring (bicyclic) bond motifs is 1. The Morgan fingerprint density at radius 3 is 2.93 bits per heavy atom. The van der Waals surface area contributed by atoms with Gasteiger partial charge in [-0.1, -0.05) is 0 Å². The van der Waals surface area contributed by atoms with Crippen LogP contribution in [0.3, 0.4) is 0 Å². The highest BCUT2D eigenvalue weighted by molar-refractivity contribution is 5.78. The van der Waals surface area contributed by atoms with Gasteiger partial charge in [0.1, 0.15) is 0 Å². The van der Waals surface area contributed by atoms with Gasteiger partial charge in [0.25, 0.3) is 0 Å². The second kappa shape index (κ2) is 2.92. The molecular weight excluding hydrogens is 180 g/mol. The fraction of sp³-hybridized carbons (Fsp3) is 0.600. The van der Waals surface area contributed by atoms with Crippen molar-refractivity contribution < 1.29 is 9.53 Å². The maximum Gasteiger partial charge on any atom is 0.153 e. The Kier molecular flexibility index (Phi) is 1.96. The number of hydrogen-bond acceptors (Lipinski definition) is 3. The molecule has 0 N–H and O–H groups in total. The van der Waals surface area contributed by atoms with Crippen LogP contribution in [-0.2, 0) is 17.9 Å². The van der Waals surface area contributed by atoms with E-state index in [1.807, 2.05) is 25.5 Å². The number of aromatic nitrogens is 2. The zero-order valence-corrected chi connectivity index (χ0v) is 8.70. The zero-order valence-electron chi connectivity index (χ0n) is 8.70. The van der Waals surface area contributed by atoms with Gasteiger partial charge in [0.15, 0.2) is 6.29 Å². The summed E-state index contributed by atoms with van der Waals surface area (Å²) in [5.41, 5.74) is 2.18. The van der Waals surface area contributed by atoms with Crippen LogP contribution in [0.1, 0.15) is 35.6 Å².